The minimum absolute atomic E-state index is 0.00438. The Hall–Kier alpha value is -3.21. The number of aromatic nitrogens is 1. The van der Waals surface area contributed by atoms with Gasteiger partial charge in [-0.05, 0) is 30.3 Å². The maximum atomic E-state index is 13.7. The van der Waals surface area contributed by atoms with Crippen molar-refractivity contribution in [2.24, 2.45) is 0 Å². The zero-order valence-electron chi connectivity index (χ0n) is 17.7. The monoisotopic (exact) mass is 556 g/mol. The molecule has 0 aliphatic heterocycles. The van der Waals surface area contributed by atoms with E-state index in [1.54, 1.807) is 0 Å². The number of nitrogens with zero attached hydrogens (tertiary/aromatic N) is 1. The number of methoxy groups -OCH3 is 1. The Morgan fingerprint density at radius 1 is 1.12 bits per heavy atom. The molecule has 0 aliphatic carbocycles. The molecule has 34 heavy (non-hydrogen) atoms. The van der Waals surface area contributed by atoms with Crippen molar-refractivity contribution in [1.82, 2.24) is 4.98 Å². The van der Waals surface area contributed by atoms with Crippen molar-refractivity contribution in [3.8, 4) is 17.0 Å². The molecule has 1 amide bonds. The van der Waals surface area contributed by atoms with Gasteiger partial charge >= 0.3 is 94.4 Å². The molecule has 10 nitrogen and oxygen atoms in total. The number of rotatable bonds is 5. The van der Waals surface area contributed by atoms with Crippen LogP contribution in [0.25, 0.3) is 11.3 Å². The number of aromatic hydroxyl groups is 1. The summed E-state index contributed by atoms with van der Waals surface area (Å²) in [6, 6.07) is 12.2. The molecule has 3 rings (SSSR count). The molecule has 1 atom stereocenters. The van der Waals surface area contributed by atoms with Crippen LogP contribution in [0.4, 0.5) is 10.1 Å². The Balaban J connectivity index is 0.000000248. The van der Waals surface area contributed by atoms with Crippen molar-refractivity contribution < 1.29 is 40.8 Å². The SMILES string of the molecule is CC(=O)Nc1ccc([As](=O)(O)OO)cc1.COC(=O)c1nc(-c2ccc(Cl)cc2F)ccc1O. The molecule has 0 radical (unpaired) electrons. The van der Waals surface area contributed by atoms with Crippen LogP contribution in [0.3, 0.4) is 0 Å². The standard InChI is InChI=1S/C13H9ClFNO3.C8H10AsNO5/c1-19-13(18)12-11(17)5-4-10(16-12)8-3-2-7(14)6-9(8)15;1-6(11)10-8-4-2-7(3-5-8)9(12,13)15-14/h2-6,17H,1H3;2-5,14H,1H3,(H,10,11)(H,12,13). The quantitative estimate of drug-likeness (QED) is 0.161. The fourth-order valence-corrected chi connectivity index (χ4v) is 3.99. The van der Waals surface area contributed by atoms with E-state index in [9.17, 15) is 22.8 Å². The summed E-state index contributed by atoms with van der Waals surface area (Å²) in [5.74, 6) is -1.93. The van der Waals surface area contributed by atoms with Crippen LogP contribution in [0.1, 0.15) is 17.4 Å². The topological polar surface area (TPSA) is 155 Å². The molecule has 4 N–H and O–H groups in total. The third-order valence-corrected chi connectivity index (χ3v) is 6.78. The number of benzene rings is 2. The fourth-order valence-electron chi connectivity index (χ4n) is 2.53. The molecule has 1 heterocycles. The first-order chi connectivity index (χ1) is 16.0. The number of nitrogens with one attached hydrogen (secondary N) is 1. The molecule has 1 aromatic heterocycles. The van der Waals surface area contributed by atoms with Gasteiger partial charge in [0.25, 0.3) is 0 Å². The van der Waals surface area contributed by atoms with Crippen LogP contribution < -0.4 is 9.67 Å². The Bertz CT molecular complexity index is 1240. The van der Waals surface area contributed by atoms with E-state index in [0.717, 1.165) is 6.07 Å². The average molecular weight is 557 g/mol. The number of halogens is 2. The van der Waals surface area contributed by atoms with Crippen LogP contribution in [-0.2, 0) is 17.1 Å². The maximum Gasteiger partial charge on any atom is 0.360 e. The summed E-state index contributed by atoms with van der Waals surface area (Å²) in [6.45, 7) is 1.35. The van der Waals surface area contributed by atoms with E-state index in [2.05, 4.69) is 18.9 Å². The summed E-state index contributed by atoms with van der Waals surface area (Å²) in [5, 5.41) is 20.5. The van der Waals surface area contributed by atoms with Gasteiger partial charge in [0.2, 0.25) is 0 Å². The molecule has 2 aromatic carbocycles. The van der Waals surface area contributed by atoms with Gasteiger partial charge in [-0.3, -0.25) is 0 Å². The van der Waals surface area contributed by atoms with Crippen LogP contribution >= 0.6 is 11.6 Å². The molecule has 180 valence electrons. The van der Waals surface area contributed by atoms with Crippen molar-refractivity contribution >= 4 is 47.7 Å². The van der Waals surface area contributed by atoms with Crippen LogP contribution in [0, 0.1) is 5.82 Å². The largest absolute Gasteiger partial charge is 0.505 e. The number of esters is 1. The summed E-state index contributed by atoms with van der Waals surface area (Å²) >= 11 is 0.896. The van der Waals surface area contributed by atoms with Gasteiger partial charge in [-0.15, -0.1) is 0 Å². The molecule has 13 heteroatoms. The summed E-state index contributed by atoms with van der Waals surface area (Å²) < 4.78 is 42.1. The molecule has 1 unspecified atom stereocenters. The first-order valence-electron chi connectivity index (χ1n) is 9.26. The van der Waals surface area contributed by atoms with Gasteiger partial charge in [-0.25, -0.2) is 14.2 Å². The maximum absolute atomic E-state index is 13.7. The number of carbonyl (C=O) groups excluding carboxylic acids is 2. The van der Waals surface area contributed by atoms with Gasteiger partial charge in [-0.1, -0.05) is 11.6 Å². The van der Waals surface area contributed by atoms with Gasteiger partial charge in [0.1, 0.15) is 11.6 Å². The second-order valence-corrected chi connectivity index (χ2v) is 10.6. The fraction of sp³-hybridized carbons (Fsp3) is 0.0952. The summed E-state index contributed by atoms with van der Waals surface area (Å²) in [7, 11) is 1.17. The van der Waals surface area contributed by atoms with Gasteiger partial charge in [0, 0.05) is 10.6 Å². The predicted molar refractivity (Wildman–Crippen MR) is 120 cm³/mol. The summed E-state index contributed by atoms with van der Waals surface area (Å²) in [4.78, 5) is 26.0. The normalized spacial score (nSPS) is 12.1. The second-order valence-electron chi connectivity index (χ2n) is 6.51. The molecule has 0 saturated heterocycles. The molecule has 0 bridgehead atoms. The van der Waals surface area contributed by atoms with Crippen molar-refractivity contribution in [3.05, 3.63) is 71.1 Å². The first kappa shape index (κ1) is 27.0. The molecule has 3 aromatic rings. The van der Waals surface area contributed by atoms with Crippen molar-refractivity contribution in [2.45, 2.75) is 6.92 Å². The van der Waals surface area contributed by atoms with Gasteiger partial charge in [-0.2, -0.15) is 0 Å². The van der Waals surface area contributed by atoms with Crippen molar-refractivity contribution in [2.75, 3.05) is 12.4 Å². The third-order valence-electron chi connectivity index (χ3n) is 4.08. The van der Waals surface area contributed by atoms with E-state index in [1.807, 2.05) is 0 Å². The van der Waals surface area contributed by atoms with Crippen LogP contribution in [0.2, 0.25) is 5.02 Å². The van der Waals surface area contributed by atoms with Crippen LogP contribution in [0.15, 0.2) is 54.6 Å². The molecule has 0 aliphatic rings. The summed E-state index contributed by atoms with van der Waals surface area (Å²) in [5.41, 5.74) is 0.607. The Morgan fingerprint density at radius 2 is 1.76 bits per heavy atom. The number of hydrogen-bond acceptors (Lipinski definition) is 8. The van der Waals surface area contributed by atoms with E-state index in [0.29, 0.717) is 5.69 Å². The summed E-state index contributed by atoms with van der Waals surface area (Å²) in [6.07, 6.45) is 0. The smallest absolute Gasteiger partial charge is 0.360 e. The third kappa shape index (κ3) is 7.14. The number of ether oxygens (including phenoxy) is 1. The zero-order chi connectivity index (χ0) is 25.5. The Labute approximate surface area is 200 Å². The molecular weight excluding hydrogens is 538 g/mol. The minimum Gasteiger partial charge on any atom is -0.505 e. The number of pyridine rings is 1. The Morgan fingerprint density at radius 3 is 2.29 bits per heavy atom. The number of anilines is 1. The van der Waals surface area contributed by atoms with Gasteiger partial charge in [0.15, 0.2) is 5.69 Å². The predicted octanol–water partition coefficient (Wildman–Crippen LogP) is 2.74. The van der Waals surface area contributed by atoms with Crippen molar-refractivity contribution in [1.29, 1.82) is 0 Å². The number of carbonyl (C=O) groups is 2. The minimum atomic E-state index is -4.76. The molecular formula is C21H19AsClFN2O8. The second kappa shape index (κ2) is 11.8. The number of hydrogen-bond donors (Lipinski definition) is 4. The van der Waals surface area contributed by atoms with E-state index in [4.69, 9.17) is 21.0 Å². The van der Waals surface area contributed by atoms with Crippen LogP contribution in [0.5, 0.6) is 5.75 Å². The first-order valence-corrected chi connectivity index (χ1v) is 12.9. The van der Waals surface area contributed by atoms with Crippen molar-refractivity contribution in [3.63, 3.8) is 0 Å². The molecule has 0 spiro atoms. The van der Waals surface area contributed by atoms with E-state index < -0.39 is 26.0 Å². The number of amides is 1. The van der Waals surface area contributed by atoms with Gasteiger partial charge < -0.3 is 9.84 Å². The average Bonchev–Trinajstić information content (AvgIpc) is 2.79. The van der Waals surface area contributed by atoms with E-state index in [-0.39, 0.29) is 38.0 Å². The van der Waals surface area contributed by atoms with Gasteiger partial charge in [0.05, 0.1) is 12.8 Å². The Kier molecular flexibility index (Phi) is 9.36. The van der Waals surface area contributed by atoms with Crippen LogP contribution in [-0.4, -0.2) is 52.6 Å². The van der Waals surface area contributed by atoms with E-state index >= 15 is 0 Å². The zero-order valence-corrected chi connectivity index (χ0v) is 20.4. The van der Waals surface area contributed by atoms with E-state index in [1.165, 1.54) is 62.6 Å². The molecule has 0 saturated carbocycles. The molecule has 0 fully saturated rings.